The molecule has 0 bridgehead atoms. The predicted octanol–water partition coefficient (Wildman–Crippen LogP) is 1.75. The minimum absolute atomic E-state index is 0.106. The minimum atomic E-state index is -0.296. The van der Waals surface area contributed by atoms with E-state index >= 15 is 0 Å². The predicted molar refractivity (Wildman–Crippen MR) is 68.5 cm³/mol. The second kappa shape index (κ2) is 5.04. The van der Waals surface area contributed by atoms with Gasteiger partial charge in [0.25, 0.3) is 5.91 Å². The summed E-state index contributed by atoms with van der Waals surface area (Å²) in [6.07, 6.45) is 2.63. The second-order valence-corrected chi connectivity index (χ2v) is 4.59. The maximum Gasteiger partial charge on any atom is 0.259 e. The third-order valence-corrected chi connectivity index (χ3v) is 2.86. The molecule has 94 valence electrons. The van der Waals surface area contributed by atoms with Gasteiger partial charge in [-0.05, 0) is 18.1 Å². The lowest BCUT2D eigenvalue weighted by molar-refractivity contribution is -0.119. The maximum absolute atomic E-state index is 12.3. The van der Waals surface area contributed by atoms with Crippen molar-refractivity contribution in [1.29, 1.82) is 0 Å². The van der Waals surface area contributed by atoms with Gasteiger partial charge in [0.2, 0.25) is 5.91 Å². The fourth-order valence-corrected chi connectivity index (χ4v) is 1.92. The summed E-state index contributed by atoms with van der Waals surface area (Å²) in [5.41, 5.74) is 0.615. The first kappa shape index (κ1) is 12.4. The zero-order chi connectivity index (χ0) is 13.1. The number of nitrogens with zero attached hydrogens (tertiary/aromatic N) is 1. The molecule has 0 spiro atoms. The molecule has 18 heavy (non-hydrogen) atoms. The molecule has 1 aromatic carbocycles. The number of carbonyl (C=O) groups excluding carboxylic acids is 2. The third kappa shape index (κ3) is 2.42. The summed E-state index contributed by atoms with van der Waals surface area (Å²) in [5, 5.41) is 2.80. The van der Waals surface area contributed by atoms with Crippen molar-refractivity contribution in [3.63, 3.8) is 0 Å². The number of hydrogen-bond acceptors (Lipinski definition) is 2. The van der Waals surface area contributed by atoms with Crippen LogP contribution < -0.4 is 5.32 Å². The number of benzene rings is 1. The molecule has 1 N–H and O–H groups in total. The lowest BCUT2D eigenvalue weighted by Crippen LogP contribution is -2.53. The third-order valence-electron chi connectivity index (χ3n) is 2.86. The van der Waals surface area contributed by atoms with E-state index in [-0.39, 0.29) is 23.9 Å². The first-order chi connectivity index (χ1) is 8.59. The van der Waals surface area contributed by atoms with Gasteiger partial charge in [0, 0.05) is 17.8 Å². The molecule has 0 saturated heterocycles. The summed E-state index contributed by atoms with van der Waals surface area (Å²) >= 11 is 0. The molecule has 1 aliphatic heterocycles. The van der Waals surface area contributed by atoms with E-state index in [2.05, 4.69) is 5.32 Å². The first-order valence-corrected chi connectivity index (χ1v) is 5.96. The molecule has 1 aromatic rings. The maximum atomic E-state index is 12.3. The van der Waals surface area contributed by atoms with Gasteiger partial charge in [-0.25, -0.2) is 0 Å². The Hall–Kier alpha value is -2.10. The molecule has 1 aliphatic rings. The van der Waals surface area contributed by atoms with Gasteiger partial charge in [-0.3, -0.25) is 14.5 Å². The molecule has 2 amide bonds. The van der Waals surface area contributed by atoms with E-state index in [0.717, 1.165) is 0 Å². The topological polar surface area (TPSA) is 49.4 Å². The second-order valence-electron chi connectivity index (χ2n) is 4.59. The monoisotopic (exact) mass is 244 g/mol. The lowest BCUT2D eigenvalue weighted by Gasteiger charge is -2.34. The SMILES string of the molecule is CC(C)[C@H]1NC(=O)C=CN1C(=O)c1ccccc1. The Morgan fingerprint density at radius 2 is 1.94 bits per heavy atom. The summed E-state index contributed by atoms with van der Waals surface area (Å²) in [6, 6.07) is 9.05. The van der Waals surface area contributed by atoms with Crippen molar-refractivity contribution in [3.8, 4) is 0 Å². The van der Waals surface area contributed by atoms with Crippen molar-refractivity contribution in [2.75, 3.05) is 0 Å². The molecule has 0 radical (unpaired) electrons. The normalized spacial score (nSPS) is 18.9. The Kier molecular flexibility index (Phi) is 3.46. The molecule has 0 fully saturated rings. The molecular weight excluding hydrogens is 228 g/mol. The van der Waals surface area contributed by atoms with Crippen molar-refractivity contribution < 1.29 is 9.59 Å². The standard InChI is InChI=1S/C14H16N2O2/c1-10(2)13-15-12(17)8-9-16(13)14(18)11-6-4-3-5-7-11/h3-10,13H,1-2H3,(H,15,17)/t13-/m0/s1. The van der Waals surface area contributed by atoms with E-state index in [1.54, 1.807) is 23.2 Å². The highest BCUT2D eigenvalue weighted by atomic mass is 16.2. The lowest BCUT2D eigenvalue weighted by atomic mass is 10.1. The van der Waals surface area contributed by atoms with E-state index in [1.807, 2.05) is 32.0 Å². The molecule has 4 heteroatoms. The van der Waals surface area contributed by atoms with Crippen LogP contribution in [0.2, 0.25) is 0 Å². The quantitative estimate of drug-likeness (QED) is 0.861. The molecule has 1 atom stereocenters. The average Bonchev–Trinajstić information content (AvgIpc) is 2.39. The van der Waals surface area contributed by atoms with Gasteiger partial charge >= 0.3 is 0 Å². The van der Waals surface area contributed by atoms with Crippen molar-refractivity contribution in [2.45, 2.75) is 20.0 Å². The van der Waals surface area contributed by atoms with Gasteiger partial charge in [-0.1, -0.05) is 32.0 Å². The Morgan fingerprint density at radius 1 is 1.28 bits per heavy atom. The van der Waals surface area contributed by atoms with E-state index in [1.165, 1.54) is 6.08 Å². The Balaban J connectivity index is 2.28. The van der Waals surface area contributed by atoms with Crippen LogP contribution in [0.5, 0.6) is 0 Å². The average molecular weight is 244 g/mol. The van der Waals surface area contributed by atoms with E-state index in [4.69, 9.17) is 0 Å². The Bertz CT molecular complexity index is 480. The number of nitrogens with one attached hydrogen (secondary N) is 1. The van der Waals surface area contributed by atoms with Gasteiger partial charge < -0.3 is 5.32 Å². The van der Waals surface area contributed by atoms with Crippen LogP contribution in [-0.4, -0.2) is 22.9 Å². The van der Waals surface area contributed by atoms with Crippen molar-refractivity contribution in [3.05, 3.63) is 48.2 Å². The smallest absolute Gasteiger partial charge is 0.259 e. The summed E-state index contributed by atoms with van der Waals surface area (Å²) in [7, 11) is 0. The number of hydrogen-bond donors (Lipinski definition) is 1. The van der Waals surface area contributed by atoms with Gasteiger partial charge in [0.05, 0.1) is 0 Å². The molecular formula is C14H16N2O2. The zero-order valence-corrected chi connectivity index (χ0v) is 10.5. The largest absolute Gasteiger partial charge is 0.332 e. The van der Waals surface area contributed by atoms with Gasteiger partial charge in [-0.15, -0.1) is 0 Å². The van der Waals surface area contributed by atoms with Crippen LogP contribution in [0.15, 0.2) is 42.6 Å². The van der Waals surface area contributed by atoms with Crippen LogP contribution >= 0.6 is 0 Å². The van der Waals surface area contributed by atoms with Crippen LogP contribution in [0.1, 0.15) is 24.2 Å². The van der Waals surface area contributed by atoms with E-state index in [9.17, 15) is 9.59 Å². The fraction of sp³-hybridized carbons (Fsp3) is 0.286. The van der Waals surface area contributed by atoms with Crippen LogP contribution in [0, 0.1) is 5.92 Å². The van der Waals surface area contributed by atoms with E-state index < -0.39 is 0 Å². The highest BCUT2D eigenvalue weighted by Gasteiger charge is 2.29. The Labute approximate surface area is 106 Å². The molecule has 2 rings (SSSR count). The highest BCUT2D eigenvalue weighted by Crippen LogP contribution is 2.16. The first-order valence-electron chi connectivity index (χ1n) is 5.96. The van der Waals surface area contributed by atoms with Crippen LogP contribution in [0.3, 0.4) is 0 Å². The van der Waals surface area contributed by atoms with Crippen molar-refractivity contribution in [2.24, 2.45) is 5.92 Å². The zero-order valence-electron chi connectivity index (χ0n) is 10.5. The van der Waals surface area contributed by atoms with Gasteiger partial charge in [0.1, 0.15) is 6.17 Å². The van der Waals surface area contributed by atoms with Crippen molar-refractivity contribution in [1.82, 2.24) is 10.2 Å². The Morgan fingerprint density at radius 3 is 2.56 bits per heavy atom. The van der Waals surface area contributed by atoms with Crippen LogP contribution in [-0.2, 0) is 4.79 Å². The van der Waals surface area contributed by atoms with Gasteiger partial charge in [0.15, 0.2) is 0 Å². The summed E-state index contributed by atoms with van der Waals surface area (Å²) < 4.78 is 0. The number of rotatable bonds is 2. The minimum Gasteiger partial charge on any atom is -0.332 e. The molecule has 0 aromatic heterocycles. The molecule has 1 heterocycles. The van der Waals surface area contributed by atoms with Crippen molar-refractivity contribution >= 4 is 11.8 Å². The van der Waals surface area contributed by atoms with E-state index in [0.29, 0.717) is 5.56 Å². The molecule has 0 saturated carbocycles. The van der Waals surface area contributed by atoms with Gasteiger partial charge in [-0.2, -0.15) is 0 Å². The molecule has 0 unspecified atom stereocenters. The van der Waals surface area contributed by atoms with Crippen LogP contribution in [0.4, 0.5) is 0 Å². The summed E-state index contributed by atoms with van der Waals surface area (Å²) in [4.78, 5) is 25.3. The number of carbonyl (C=O) groups is 2. The summed E-state index contributed by atoms with van der Waals surface area (Å²) in [5.74, 6) is -0.122. The molecule has 4 nitrogen and oxygen atoms in total. The fourth-order valence-electron chi connectivity index (χ4n) is 1.92. The van der Waals surface area contributed by atoms with Crippen LogP contribution in [0.25, 0.3) is 0 Å². The summed E-state index contributed by atoms with van der Waals surface area (Å²) in [6.45, 7) is 3.94. The molecule has 0 aliphatic carbocycles. The highest BCUT2D eigenvalue weighted by molar-refractivity contribution is 5.97. The number of amides is 2.